The molecule has 1 aromatic rings. The molecule has 0 aromatic heterocycles. The van der Waals surface area contributed by atoms with Crippen LogP contribution >= 0.6 is 0 Å². The van der Waals surface area contributed by atoms with Crippen molar-refractivity contribution < 1.29 is 23.7 Å². The van der Waals surface area contributed by atoms with Gasteiger partial charge in [-0.1, -0.05) is 19.6 Å². The minimum absolute atomic E-state index is 0.209. The van der Waals surface area contributed by atoms with Crippen molar-refractivity contribution in [3.63, 3.8) is 0 Å². The van der Waals surface area contributed by atoms with Crippen LogP contribution in [-0.2, 0) is 4.74 Å². The normalized spacial score (nSPS) is 14.8. The molecule has 0 saturated carbocycles. The van der Waals surface area contributed by atoms with Gasteiger partial charge in [-0.25, -0.2) is 0 Å². The molecule has 0 amide bonds. The lowest BCUT2D eigenvalue weighted by Gasteiger charge is -2.17. The van der Waals surface area contributed by atoms with E-state index in [1.165, 1.54) is 14.2 Å². The second kappa shape index (κ2) is 11.6. The van der Waals surface area contributed by atoms with Crippen LogP contribution in [0.3, 0.4) is 0 Å². The minimum atomic E-state index is -0.209. The van der Waals surface area contributed by atoms with Gasteiger partial charge in [-0.3, -0.25) is 9.79 Å². The van der Waals surface area contributed by atoms with E-state index in [0.29, 0.717) is 59.5 Å². The van der Waals surface area contributed by atoms with Crippen LogP contribution in [0.5, 0.6) is 17.2 Å². The van der Waals surface area contributed by atoms with Crippen LogP contribution in [0.25, 0.3) is 0 Å². The SMILES string of the molecule is C=C(N)/C(=C\C=C1/CC=NC=C1C(=O)c1cc(OC)c(OCCC)c(OC)c1)OCC. The van der Waals surface area contributed by atoms with Crippen LogP contribution in [0.2, 0.25) is 0 Å². The monoisotopic (exact) mass is 426 g/mol. The number of aliphatic imine (C=N–C) groups is 1. The molecule has 1 aromatic carbocycles. The van der Waals surface area contributed by atoms with Gasteiger partial charge in [0.2, 0.25) is 5.75 Å². The Hall–Kier alpha value is -3.48. The first-order valence-electron chi connectivity index (χ1n) is 10.1. The van der Waals surface area contributed by atoms with Gasteiger partial charge in [0.15, 0.2) is 17.3 Å². The van der Waals surface area contributed by atoms with Crippen molar-refractivity contribution in [3.8, 4) is 17.2 Å². The molecule has 0 unspecified atom stereocenters. The van der Waals surface area contributed by atoms with Crippen LogP contribution in [0.15, 0.2) is 64.7 Å². The third kappa shape index (κ3) is 6.01. The van der Waals surface area contributed by atoms with Gasteiger partial charge in [-0.15, -0.1) is 0 Å². The summed E-state index contributed by atoms with van der Waals surface area (Å²) in [6, 6.07) is 3.30. The first-order chi connectivity index (χ1) is 15.0. The lowest BCUT2D eigenvalue weighted by molar-refractivity contribution is 0.103. The highest BCUT2D eigenvalue weighted by Crippen LogP contribution is 2.39. The predicted octanol–water partition coefficient (Wildman–Crippen LogP) is 4.35. The van der Waals surface area contributed by atoms with E-state index in [2.05, 4.69) is 11.6 Å². The molecule has 7 heteroatoms. The summed E-state index contributed by atoms with van der Waals surface area (Å²) in [4.78, 5) is 17.5. The van der Waals surface area contributed by atoms with Crippen molar-refractivity contribution in [2.45, 2.75) is 26.7 Å². The number of ketones is 1. The smallest absolute Gasteiger partial charge is 0.203 e. The number of carbonyl (C=O) groups excluding carboxylic acids is 1. The van der Waals surface area contributed by atoms with E-state index in [4.69, 9.17) is 24.7 Å². The first kappa shape index (κ1) is 23.8. The van der Waals surface area contributed by atoms with E-state index in [-0.39, 0.29) is 5.78 Å². The summed E-state index contributed by atoms with van der Waals surface area (Å²) in [5.41, 5.74) is 7.74. The van der Waals surface area contributed by atoms with Gasteiger partial charge in [0.1, 0.15) is 5.76 Å². The zero-order valence-electron chi connectivity index (χ0n) is 18.6. The van der Waals surface area contributed by atoms with Crippen molar-refractivity contribution in [1.82, 2.24) is 0 Å². The molecule has 2 rings (SSSR count). The van der Waals surface area contributed by atoms with Gasteiger partial charge in [-0.05, 0) is 37.1 Å². The fourth-order valence-electron chi connectivity index (χ4n) is 2.93. The molecule has 0 atom stereocenters. The summed E-state index contributed by atoms with van der Waals surface area (Å²) >= 11 is 0. The van der Waals surface area contributed by atoms with Crippen molar-refractivity contribution >= 4 is 12.0 Å². The summed E-state index contributed by atoms with van der Waals surface area (Å²) in [5, 5.41) is 0. The highest BCUT2D eigenvalue weighted by atomic mass is 16.5. The fourth-order valence-corrected chi connectivity index (χ4v) is 2.93. The van der Waals surface area contributed by atoms with Gasteiger partial charge in [-0.2, -0.15) is 0 Å². The number of hydrogen-bond donors (Lipinski definition) is 1. The Bertz CT molecular complexity index is 916. The molecular weight excluding hydrogens is 396 g/mol. The van der Waals surface area contributed by atoms with Crippen LogP contribution in [0, 0.1) is 0 Å². The maximum Gasteiger partial charge on any atom is 0.203 e. The zero-order valence-corrected chi connectivity index (χ0v) is 18.6. The molecule has 1 heterocycles. The van der Waals surface area contributed by atoms with E-state index < -0.39 is 0 Å². The number of Topliss-reactive ketones (excluding diaryl/α,β-unsaturated/α-hetero) is 1. The Labute approximate surface area is 183 Å². The van der Waals surface area contributed by atoms with Crippen molar-refractivity contribution in [2.75, 3.05) is 27.4 Å². The summed E-state index contributed by atoms with van der Waals surface area (Å²) in [6.07, 6.45) is 8.12. The van der Waals surface area contributed by atoms with E-state index in [9.17, 15) is 4.79 Å². The van der Waals surface area contributed by atoms with Gasteiger partial charge in [0.25, 0.3) is 0 Å². The quantitative estimate of drug-likeness (QED) is 0.321. The summed E-state index contributed by atoms with van der Waals surface area (Å²) in [5.74, 6) is 1.59. The molecule has 2 N–H and O–H groups in total. The second-order valence-corrected chi connectivity index (χ2v) is 6.65. The predicted molar refractivity (Wildman–Crippen MR) is 122 cm³/mol. The summed E-state index contributed by atoms with van der Waals surface area (Å²) in [7, 11) is 3.05. The maximum absolute atomic E-state index is 13.3. The third-order valence-corrected chi connectivity index (χ3v) is 4.44. The van der Waals surface area contributed by atoms with Crippen LogP contribution < -0.4 is 19.9 Å². The average Bonchev–Trinajstić information content (AvgIpc) is 2.79. The number of methoxy groups -OCH3 is 2. The van der Waals surface area contributed by atoms with E-state index in [0.717, 1.165) is 12.0 Å². The molecule has 0 aliphatic carbocycles. The zero-order chi connectivity index (χ0) is 22.8. The highest BCUT2D eigenvalue weighted by Gasteiger charge is 2.22. The molecule has 0 fully saturated rings. The van der Waals surface area contributed by atoms with Crippen molar-refractivity contribution in [2.24, 2.45) is 10.7 Å². The number of carbonyl (C=O) groups is 1. The fraction of sp³-hybridized carbons (Fsp3) is 0.333. The number of rotatable bonds is 11. The van der Waals surface area contributed by atoms with Crippen LogP contribution in [0.1, 0.15) is 37.0 Å². The van der Waals surface area contributed by atoms with E-state index in [1.807, 2.05) is 13.8 Å². The maximum atomic E-state index is 13.3. The second-order valence-electron chi connectivity index (χ2n) is 6.65. The molecule has 31 heavy (non-hydrogen) atoms. The number of benzene rings is 1. The number of hydrogen-bond acceptors (Lipinski definition) is 7. The lowest BCUT2D eigenvalue weighted by atomic mass is 9.93. The number of nitrogens with two attached hydrogens (primary N) is 1. The third-order valence-electron chi connectivity index (χ3n) is 4.44. The van der Waals surface area contributed by atoms with Crippen LogP contribution in [0.4, 0.5) is 0 Å². The molecular formula is C24H30N2O5. The van der Waals surface area contributed by atoms with Crippen molar-refractivity contribution in [3.05, 3.63) is 65.2 Å². The standard InChI is InChI=1S/C24H30N2O5/c1-6-12-31-24-21(28-4)13-18(14-22(24)29-5)23(27)19-15-26-11-10-17(19)8-9-20(16(3)25)30-7-2/h8-9,11,13-15H,3,6-7,10,12,25H2,1-2,4-5H3/b17-8+,20-9+. The Balaban J connectivity index is 2.44. The Morgan fingerprint density at radius 2 is 1.90 bits per heavy atom. The molecule has 0 radical (unpaired) electrons. The topological polar surface area (TPSA) is 92.4 Å². The molecule has 0 bridgehead atoms. The van der Waals surface area contributed by atoms with Gasteiger partial charge >= 0.3 is 0 Å². The Morgan fingerprint density at radius 1 is 1.23 bits per heavy atom. The molecule has 7 nitrogen and oxygen atoms in total. The Kier molecular flexibility index (Phi) is 8.94. The molecule has 1 aliphatic rings. The Morgan fingerprint density at radius 3 is 2.45 bits per heavy atom. The average molecular weight is 427 g/mol. The van der Waals surface area contributed by atoms with Gasteiger partial charge in [0, 0.05) is 30.0 Å². The minimum Gasteiger partial charge on any atom is -0.493 e. The largest absolute Gasteiger partial charge is 0.493 e. The number of ether oxygens (including phenoxy) is 4. The number of nitrogens with zero attached hydrogens (tertiary/aromatic N) is 1. The molecule has 166 valence electrons. The highest BCUT2D eigenvalue weighted by molar-refractivity contribution is 6.13. The van der Waals surface area contributed by atoms with Gasteiger partial charge in [0.05, 0.1) is 33.1 Å². The number of allylic oxidation sites excluding steroid dienone is 4. The van der Waals surface area contributed by atoms with Gasteiger partial charge < -0.3 is 24.7 Å². The summed E-state index contributed by atoms with van der Waals surface area (Å²) < 4.78 is 22.1. The van der Waals surface area contributed by atoms with Crippen molar-refractivity contribution in [1.29, 1.82) is 0 Å². The van der Waals surface area contributed by atoms with E-state index >= 15 is 0 Å². The molecule has 0 spiro atoms. The van der Waals surface area contributed by atoms with Crippen LogP contribution in [-0.4, -0.2) is 39.4 Å². The summed E-state index contributed by atoms with van der Waals surface area (Å²) in [6.45, 7) is 8.55. The molecule has 0 saturated heterocycles. The first-order valence-corrected chi connectivity index (χ1v) is 10.1. The lowest BCUT2D eigenvalue weighted by Crippen LogP contribution is -2.10. The van der Waals surface area contributed by atoms with E-state index in [1.54, 1.807) is 36.7 Å². The molecule has 1 aliphatic heterocycles.